The van der Waals surface area contributed by atoms with Gasteiger partial charge in [-0.25, -0.2) is 4.79 Å². The number of carbonyl (C=O) groups excluding carboxylic acids is 1. The molecule has 92 valence electrons. The van der Waals surface area contributed by atoms with Crippen molar-refractivity contribution in [1.29, 1.82) is 0 Å². The lowest BCUT2D eigenvalue weighted by molar-refractivity contribution is -0.385. The SMILES string of the molecule is CCc1cc(C(=O)OC)c(OC)c([N+](=O)[O-])c1. The number of nitro benzene ring substituents is 1. The topological polar surface area (TPSA) is 78.7 Å². The van der Waals surface area contributed by atoms with Crippen LogP contribution in [0.25, 0.3) is 0 Å². The molecule has 0 aromatic heterocycles. The Bertz CT molecular complexity index is 455. The molecule has 0 heterocycles. The smallest absolute Gasteiger partial charge is 0.341 e. The van der Waals surface area contributed by atoms with E-state index in [-0.39, 0.29) is 17.0 Å². The van der Waals surface area contributed by atoms with Crippen LogP contribution in [-0.2, 0) is 11.2 Å². The number of carbonyl (C=O) groups is 1. The van der Waals surface area contributed by atoms with E-state index in [0.29, 0.717) is 12.0 Å². The fourth-order valence-electron chi connectivity index (χ4n) is 1.49. The molecule has 0 radical (unpaired) electrons. The number of hydrogen-bond donors (Lipinski definition) is 0. The summed E-state index contributed by atoms with van der Waals surface area (Å²) in [4.78, 5) is 21.8. The van der Waals surface area contributed by atoms with E-state index in [9.17, 15) is 14.9 Å². The summed E-state index contributed by atoms with van der Waals surface area (Å²) in [6.45, 7) is 1.84. The van der Waals surface area contributed by atoms with Gasteiger partial charge in [0.15, 0.2) is 0 Å². The summed E-state index contributed by atoms with van der Waals surface area (Å²) >= 11 is 0. The summed E-state index contributed by atoms with van der Waals surface area (Å²) < 4.78 is 9.49. The number of esters is 1. The summed E-state index contributed by atoms with van der Waals surface area (Å²) in [5, 5.41) is 10.9. The van der Waals surface area contributed by atoms with Gasteiger partial charge in [0.25, 0.3) is 0 Å². The van der Waals surface area contributed by atoms with Crippen molar-refractivity contribution in [1.82, 2.24) is 0 Å². The third-order valence-electron chi connectivity index (χ3n) is 2.34. The number of methoxy groups -OCH3 is 2. The fraction of sp³-hybridized carbons (Fsp3) is 0.364. The molecule has 0 fully saturated rings. The fourth-order valence-corrected chi connectivity index (χ4v) is 1.49. The molecule has 1 aromatic carbocycles. The zero-order valence-corrected chi connectivity index (χ0v) is 9.85. The summed E-state index contributed by atoms with van der Waals surface area (Å²) in [5.74, 6) is -0.723. The van der Waals surface area contributed by atoms with E-state index < -0.39 is 10.9 Å². The van der Waals surface area contributed by atoms with Gasteiger partial charge in [-0.2, -0.15) is 0 Å². The molecule has 0 saturated heterocycles. The third-order valence-corrected chi connectivity index (χ3v) is 2.34. The van der Waals surface area contributed by atoms with Crippen molar-refractivity contribution < 1.29 is 19.2 Å². The first kappa shape index (κ1) is 13.0. The number of aryl methyl sites for hydroxylation is 1. The zero-order chi connectivity index (χ0) is 13.0. The van der Waals surface area contributed by atoms with E-state index >= 15 is 0 Å². The molecular formula is C11H13NO5. The lowest BCUT2D eigenvalue weighted by Gasteiger charge is -2.09. The quantitative estimate of drug-likeness (QED) is 0.456. The maximum atomic E-state index is 11.5. The van der Waals surface area contributed by atoms with E-state index in [0.717, 1.165) is 0 Å². The standard InChI is InChI=1S/C11H13NO5/c1-4-7-5-8(11(13)17-3)10(16-2)9(6-7)12(14)15/h5-6H,4H2,1-3H3. The van der Waals surface area contributed by atoms with Crippen molar-refractivity contribution in [2.75, 3.05) is 14.2 Å². The second-order valence-electron chi connectivity index (χ2n) is 3.30. The average Bonchev–Trinajstić information content (AvgIpc) is 2.35. The van der Waals surface area contributed by atoms with Gasteiger partial charge in [-0.3, -0.25) is 10.1 Å². The van der Waals surface area contributed by atoms with Crippen LogP contribution in [0.4, 0.5) is 5.69 Å². The normalized spacial score (nSPS) is 9.82. The second-order valence-corrected chi connectivity index (χ2v) is 3.30. The Kier molecular flexibility index (Phi) is 4.03. The summed E-state index contributed by atoms with van der Waals surface area (Å²) in [5.41, 5.74) is 0.520. The molecule has 0 unspecified atom stereocenters. The predicted molar refractivity (Wildman–Crippen MR) is 60.4 cm³/mol. The van der Waals surface area contributed by atoms with Gasteiger partial charge in [0.1, 0.15) is 5.56 Å². The van der Waals surface area contributed by atoms with Crippen molar-refractivity contribution in [3.8, 4) is 5.75 Å². The van der Waals surface area contributed by atoms with Gasteiger partial charge >= 0.3 is 11.7 Å². The van der Waals surface area contributed by atoms with Crippen molar-refractivity contribution >= 4 is 11.7 Å². The van der Waals surface area contributed by atoms with Crippen LogP contribution in [0.5, 0.6) is 5.75 Å². The minimum absolute atomic E-state index is 0.0703. The molecule has 0 spiro atoms. The Balaban J connectivity index is 3.50. The maximum absolute atomic E-state index is 11.5. The number of nitro groups is 1. The lowest BCUT2D eigenvalue weighted by atomic mass is 10.1. The molecule has 0 aliphatic heterocycles. The first-order valence-electron chi connectivity index (χ1n) is 4.98. The van der Waals surface area contributed by atoms with Crippen LogP contribution in [0.1, 0.15) is 22.8 Å². The number of rotatable bonds is 4. The first-order valence-corrected chi connectivity index (χ1v) is 4.98. The van der Waals surface area contributed by atoms with Crippen molar-refractivity contribution in [3.63, 3.8) is 0 Å². The van der Waals surface area contributed by atoms with Gasteiger partial charge < -0.3 is 9.47 Å². The summed E-state index contributed by atoms with van der Waals surface area (Å²) in [6.07, 6.45) is 0.578. The third kappa shape index (κ3) is 2.52. The minimum Gasteiger partial charge on any atom is -0.490 e. The Hall–Kier alpha value is -2.11. The highest BCUT2D eigenvalue weighted by atomic mass is 16.6. The van der Waals surface area contributed by atoms with Crippen LogP contribution in [0.2, 0.25) is 0 Å². The molecule has 1 rings (SSSR count). The molecule has 0 atom stereocenters. The molecule has 0 amide bonds. The molecular weight excluding hydrogens is 226 g/mol. The maximum Gasteiger partial charge on any atom is 0.341 e. The minimum atomic E-state index is -0.653. The number of benzene rings is 1. The van der Waals surface area contributed by atoms with Crippen LogP contribution in [0, 0.1) is 10.1 Å². The van der Waals surface area contributed by atoms with Crippen LogP contribution in [-0.4, -0.2) is 25.1 Å². The highest BCUT2D eigenvalue weighted by molar-refractivity contribution is 5.94. The molecule has 0 saturated carbocycles. The Labute approximate surface area is 98.3 Å². The van der Waals surface area contributed by atoms with Crippen LogP contribution >= 0.6 is 0 Å². The number of nitrogens with zero attached hydrogens (tertiary/aromatic N) is 1. The molecule has 6 nitrogen and oxygen atoms in total. The Morgan fingerprint density at radius 2 is 2.06 bits per heavy atom. The molecule has 0 N–H and O–H groups in total. The Morgan fingerprint density at radius 3 is 2.47 bits per heavy atom. The summed E-state index contributed by atoms with van der Waals surface area (Å²) in [6, 6.07) is 2.93. The van der Waals surface area contributed by atoms with Crippen LogP contribution < -0.4 is 4.74 Å². The van der Waals surface area contributed by atoms with Crippen molar-refractivity contribution in [2.24, 2.45) is 0 Å². The van der Waals surface area contributed by atoms with Gasteiger partial charge in [0, 0.05) is 6.07 Å². The second kappa shape index (κ2) is 5.29. The van der Waals surface area contributed by atoms with E-state index in [1.165, 1.54) is 26.4 Å². The highest BCUT2D eigenvalue weighted by Crippen LogP contribution is 2.33. The predicted octanol–water partition coefficient (Wildman–Crippen LogP) is 1.95. The van der Waals surface area contributed by atoms with Crippen LogP contribution in [0.15, 0.2) is 12.1 Å². The highest BCUT2D eigenvalue weighted by Gasteiger charge is 2.24. The molecule has 0 aliphatic rings. The van der Waals surface area contributed by atoms with E-state index in [2.05, 4.69) is 4.74 Å². The largest absolute Gasteiger partial charge is 0.490 e. The van der Waals surface area contributed by atoms with E-state index in [4.69, 9.17) is 4.74 Å². The van der Waals surface area contributed by atoms with E-state index in [1.807, 2.05) is 6.92 Å². The summed E-state index contributed by atoms with van der Waals surface area (Å²) in [7, 11) is 2.49. The number of hydrogen-bond acceptors (Lipinski definition) is 5. The molecule has 0 aliphatic carbocycles. The first-order chi connectivity index (χ1) is 8.04. The molecule has 6 heteroatoms. The van der Waals surface area contributed by atoms with E-state index in [1.54, 1.807) is 0 Å². The monoisotopic (exact) mass is 239 g/mol. The molecule has 17 heavy (non-hydrogen) atoms. The average molecular weight is 239 g/mol. The van der Waals surface area contributed by atoms with Gasteiger partial charge in [-0.1, -0.05) is 6.92 Å². The van der Waals surface area contributed by atoms with Crippen LogP contribution in [0.3, 0.4) is 0 Å². The van der Waals surface area contributed by atoms with Crippen molar-refractivity contribution in [3.05, 3.63) is 33.4 Å². The lowest BCUT2D eigenvalue weighted by Crippen LogP contribution is -2.07. The van der Waals surface area contributed by atoms with Gasteiger partial charge in [-0.15, -0.1) is 0 Å². The van der Waals surface area contributed by atoms with Gasteiger partial charge in [0.2, 0.25) is 5.75 Å². The zero-order valence-electron chi connectivity index (χ0n) is 9.85. The Morgan fingerprint density at radius 1 is 1.41 bits per heavy atom. The van der Waals surface area contributed by atoms with Gasteiger partial charge in [0.05, 0.1) is 19.1 Å². The molecule has 1 aromatic rings. The van der Waals surface area contributed by atoms with Crippen molar-refractivity contribution in [2.45, 2.75) is 13.3 Å². The van der Waals surface area contributed by atoms with Gasteiger partial charge in [-0.05, 0) is 18.1 Å². The number of ether oxygens (including phenoxy) is 2. The molecule has 0 bridgehead atoms.